The molecule has 1 saturated heterocycles. The Kier molecular flexibility index (Phi) is 4.00. The third kappa shape index (κ3) is 2.69. The summed E-state index contributed by atoms with van der Waals surface area (Å²) in [4.78, 5) is 14.3. The third-order valence-corrected chi connectivity index (χ3v) is 4.60. The van der Waals surface area contributed by atoms with E-state index in [1.165, 1.54) is 16.8 Å². The van der Waals surface area contributed by atoms with Gasteiger partial charge in [-0.3, -0.25) is 4.79 Å². The Bertz CT molecular complexity index is 577. The lowest BCUT2D eigenvalue weighted by atomic mass is 9.89. The summed E-state index contributed by atoms with van der Waals surface area (Å²) in [5.74, 6) is 1.72. The Morgan fingerprint density at radius 3 is 2.86 bits per heavy atom. The van der Waals surface area contributed by atoms with E-state index < -0.39 is 0 Å². The van der Waals surface area contributed by atoms with Crippen LogP contribution in [-0.2, 0) is 11.2 Å². The van der Waals surface area contributed by atoms with Gasteiger partial charge in [0.1, 0.15) is 5.75 Å². The molecule has 1 unspecified atom stereocenters. The number of methoxy groups -OCH3 is 1. The predicted octanol–water partition coefficient (Wildman–Crippen LogP) is 3.63. The molecule has 3 rings (SSSR count). The van der Waals surface area contributed by atoms with Crippen molar-refractivity contribution in [1.82, 2.24) is 4.90 Å². The fourth-order valence-electron chi connectivity index (χ4n) is 3.47. The normalized spacial score (nSPS) is 21.2. The van der Waals surface area contributed by atoms with Gasteiger partial charge >= 0.3 is 0 Å². The fraction of sp³-hybridized carbons (Fsp3) is 0.500. The van der Waals surface area contributed by atoms with Gasteiger partial charge in [0, 0.05) is 24.6 Å². The summed E-state index contributed by atoms with van der Waals surface area (Å²) in [6, 6.07) is 6.26. The number of hydrogen-bond donors (Lipinski definition) is 0. The summed E-state index contributed by atoms with van der Waals surface area (Å²) in [5, 5.41) is 0. The molecule has 0 N–H and O–H groups in total. The van der Waals surface area contributed by atoms with Crippen molar-refractivity contribution in [2.75, 3.05) is 13.7 Å². The van der Waals surface area contributed by atoms with Gasteiger partial charge in [0.15, 0.2) is 0 Å². The van der Waals surface area contributed by atoms with Crippen LogP contribution in [0.15, 0.2) is 23.9 Å². The number of benzene rings is 1. The van der Waals surface area contributed by atoms with Crippen molar-refractivity contribution < 1.29 is 9.53 Å². The lowest BCUT2D eigenvalue weighted by Crippen LogP contribution is -2.38. The molecule has 3 nitrogen and oxygen atoms in total. The molecule has 0 spiro atoms. The number of nitrogens with zero attached hydrogens (tertiary/aromatic N) is 1. The summed E-state index contributed by atoms with van der Waals surface area (Å²) in [6.07, 6.45) is 7.12. The number of carbonyl (C=O) groups is 1. The van der Waals surface area contributed by atoms with Gasteiger partial charge in [0.2, 0.25) is 5.91 Å². The van der Waals surface area contributed by atoms with Crippen LogP contribution >= 0.6 is 0 Å². The Labute approximate surface area is 126 Å². The van der Waals surface area contributed by atoms with E-state index in [1.807, 2.05) is 11.0 Å². The SMILES string of the molecule is CCCN1C(=O)CCC2CCc3cc(OC)ccc3C=C21. The average Bonchev–Trinajstić information content (AvgIpc) is 2.69. The minimum absolute atomic E-state index is 0.288. The number of carbonyl (C=O) groups excluding carboxylic acids is 1. The molecule has 1 aromatic rings. The van der Waals surface area contributed by atoms with Crippen LogP contribution in [0.3, 0.4) is 0 Å². The van der Waals surface area contributed by atoms with Crippen LogP contribution in [0.4, 0.5) is 0 Å². The zero-order valence-electron chi connectivity index (χ0n) is 12.9. The lowest BCUT2D eigenvalue weighted by molar-refractivity contribution is -0.131. The second-order valence-electron chi connectivity index (χ2n) is 5.95. The summed E-state index contributed by atoms with van der Waals surface area (Å²) in [6.45, 7) is 2.97. The maximum absolute atomic E-state index is 12.2. The molecule has 0 radical (unpaired) electrons. The van der Waals surface area contributed by atoms with Gasteiger partial charge in [0.05, 0.1) is 7.11 Å². The Morgan fingerprint density at radius 2 is 2.10 bits per heavy atom. The summed E-state index contributed by atoms with van der Waals surface area (Å²) >= 11 is 0. The van der Waals surface area contributed by atoms with E-state index in [-0.39, 0.29) is 5.91 Å². The molecule has 0 aromatic heterocycles. The van der Waals surface area contributed by atoms with Gasteiger partial charge in [-0.1, -0.05) is 13.0 Å². The fourth-order valence-corrected chi connectivity index (χ4v) is 3.47. The number of fused-ring (bicyclic) bond motifs is 2. The highest BCUT2D eigenvalue weighted by molar-refractivity contribution is 5.81. The molecular formula is C18H23NO2. The Hall–Kier alpha value is -1.77. The van der Waals surface area contributed by atoms with E-state index in [2.05, 4.69) is 25.1 Å². The number of allylic oxidation sites excluding steroid dienone is 1. The maximum Gasteiger partial charge on any atom is 0.226 e. The summed E-state index contributed by atoms with van der Waals surface area (Å²) in [5.41, 5.74) is 3.81. The molecule has 1 aliphatic heterocycles. The smallest absolute Gasteiger partial charge is 0.226 e. The van der Waals surface area contributed by atoms with Gasteiger partial charge in [0.25, 0.3) is 0 Å². The van der Waals surface area contributed by atoms with Crippen LogP contribution in [0.5, 0.6) is 5.75 Å². The van der Waals surface area contributed by atoms with E-state index in [0.29, 0.717) is 12.3 Å². The van der Waals surface area contributed by atoms with Gasteiger partial charge in [-0.15, -0.1) is 0 Å². The highest BCUT2D eigenvalue weighted by atomic mass is 16.5. The number of ether oxygens (including phenoxy) is 1. The molecule has 1 fully saturated rings. The number of aryl methyl sites for hydroxylation is 1. The number of rotatable bonds is 3. The maximum atomic E-state index is 12.2. The second-order valence-corrected chi connectivity index (χ2v) is 5.95. The molecule has 1 heterocycles. The van der Waals surface area contributed by atoms with Crippen molar-refractivity contribution in [3.63, 3.8) is 0 Å². The van der Waals surface area contributed by atoms with E-state index in [1.54, 1.807) is 7.11 Å². The molecule has 1 aliphatic carbocycles. The Balaban J connectivity index is 2.00. The van der Waals surface area contributed by atoms with Crippen LogP contribution in [0.1, 0.15) is 43.7 Å². The Morgan fingerprint density at radius 1 is 1.29 bits per heavy atom. The molecule has 3 heteroatoms. The van der Waals surface area contributed by atoms with Crippen LogP contribution in [0.2, 0.25) is 0 Å². The summed E-state index contributed by atoms with van der Waals surface area (Å²) < 4.78 is 5.33. The van der Waals surface area contributed by atoms with E-state index in [0.717, 1.165) is 38.0 Å². The standard InChI is InChI=1S/C18H23NO2/c1-3-10-19-17-12-15-6-8-16(21-2)11-14(15)5-4-13(17)7-9-18(19)20/h6,8,11-13H,3-5,7,9-10H2,1-2H3. The highest BCUT2D eigenvalue weighted by Gasteiger charge is 2.31. The first kappa shape index (κ1) is 14.2. The number of likely N-dealkylation sites (tertiary alicyclic amines) is 1. The molecule has 0 bridgehead atoms. The molecule has 1 atom stereocenters. The van der Waals surface area contributed by atoms with Crippen LogP contribution in [-0.4, -0.2) is 24.5 Å². The van der Waals surface area contributed by atoms with Crippen molar-refractivity contribution in [1.29, 1.82) is 0 Å². The van der Waals surface area contributed by atoms with Gasteiger partial charge in [-0.25, -0.2) is 0 Å². The monoisotopic (exact) mass is 285 g/mol. The third-order valence-electron chi connectivity index (χ3n) is 4.60. The topological polar surface area (TPSA) is 29.5 Å². The van der Waals surface area contributed by atoms with Gasteiger partial charge in [-0.2, -0.15) is 0 Å². The quantitative estimate of drug-likeness (QED) is 0.848. The molecule has 2 aliphatic rings. The van der Waals surface area contributed by atoms with E-state index >= 15 is 0 Å². The van der Waals surface area contributed by atoms with E-state index in [4.69, 9.17) is 4.74 Å². The van der Waals surface area contributed by atoms with Crippen molar-refractivity contribution in [3.05, 3.63) is 35.0 Å². The minimum atomic E-state index is 0.288. The van der Waals surface area contributed by atoms with Gasteiger partial charge in [-0.05, 0) is 55.0 Å². The molecule has 112 valence electrons. The predicted molar refractivity (Wildman–Crippen MR) is 84.0 cm³/mol. The summed E-state index contributed by atoms with van der Waals surface area (Å²) in [7, 11) is 1.71. The zero-order valence-corrected chi connectivity index (χ0v) is 12.9. The first-order chi connectivity index (χ1) is 10.2. The first-order valence-electron chi connectivity index (χ1n) is 7.91. The van der Waals surface area contributed by atoms with E-state index in [9.17, 15) is 4.79 Å². The van der Waals surface area contributed by atoms with Crippen molar-refractivity contribution in [3.8, 4) is 5.75 Å². The van der Waals surface area contributed by atoms with Crippen LogP contribution in [0, 0.1) is 5.92 Å². The van der Waals surface area contributed by atoms with Crippen molar-refractivity contribution in [2.45, 2.75) is 39.0 Å². The zero-order chi connectivity index (χ0) is 14.8. The largest absolute Gasteiger partial charge is 0.497 e. The highest BCUT2D eigenvalue weighted by Crippen LogP contribution is 2.37. The van der Waals surface area contributed by atoms with Crippen molar-refractivity contribution in [2.24, 2.45) is 5.92 Å². The minimum Gasteiger partial charge on any atom is -0.497 e. The molecule has 1 amide bonds. The first-order valence-corrected chi connectivity index (χ1v) is 7.91. The van der Waals surface area contributed by atoms with Crippen LogP contribution in [0.25, 0.3) is 6.08 Å². The second kappa shape index (κ2) is 5.92. The number of piperidine rings is 1. The molecule has 1 aromatic carbocycles. The molecule has 0 saturated carbocycles. The number of hydrogen-bond acceptors (Lipinski definition) is 2. The van der Waals surface area contributed by atoms with Crippen molar-refractivity contribution >= 4 is 12.0 Å². The number of amides is 1. The van der Waals surface area contributed by atoms with Gasteiger partial charge < -0.3 is 9.64 Å². The molecular weight excluding hydrogens is 262 g/mol. The average molecular weight is 285 g/mol. The molecule has 21 heavy (non-hydrogen) atoms. The lowest BCUT2D eigenvalue weighted by Gasteiger charge is -2.35. The van der Waals surface area contributed by atoms with Crippen LogP contribution < -0.4 is 4.74 Å².